The van der Waals surface area contributed by atoms with Crippen LogP contribution in [0.4, 0.5) is 8.78 Å². The smallest absolute Gasteiger partial charge is 0.151 e. The third-order valence-corrected chi connectivity index (χ3v) is 4.21. The molecule has 2 heterocycles. The number of morpholine rings is 1. The molecule has 0 bridgehead atoms. The van der Waals surface area contributed by atoms with E-state index in [9.17, 15) is 8.78 Å². The number of hydrogen-bond donors (Lipinski definition) is 0. The summed E-state index contributed by atoms with van der Waals surface area (Å²) in [6.07, 6.45) is 1.88. The van der Waals surface area contributed by atoms with Crippen LogP contribution in [0.25, 0.3) is 5.69 Å². The maximum atomic E-state index is 13.9. The van der Waals surface area contributed by atoms with Crippen LogP contribution in [0.15, 0.2) is 30.5 Å². The Balaban J connectivity index is 1.79. The average Bonchev–Trinajstić information content (AvgIpc) is 2.92. The molecule has 3 rings (SSSR count). The molecule has 1 aliphatic heterocycles. The zero-order chi connectivity index (χ0) is 16.6. The fourth-order valence-corrected chi connectivity index (χ4v) is 2.77. The van der Waals surface area contributed by atoms with E-state index in [0.717, 1.165) is 18.3 Å². The van der Waals surface area contributed by atoms with Gasteiger partial charge in [-0.2, -0.15) is 5.10 Å². The van der Waals surface area contributed by atoms with Crippen LogP contribution in [0.3, 0.4) is 0 Å². The van der Waals surface area contributed by atoms with Crippen molar-refractivity contribution < 1.29 is 13.5 Å². The van der Waals surface area contributed by atoms with Gasteiger partial charge in [0, 0.05) is 30.9 Å². The Kier molecular flexibility index (Phi) is 4.21. The Hall–Kier alpha value is -1.79. The highest BCUT2D eigenvalue weighted by Gasteiger charge is 2.33. The van der Waals surface area contributed by atoms with E-state index >= 15 is 0 Å². The second-order valence-corrected chi connectivity index (χ2v) is 6.66. The Morgan fingerprint density at radius 1 is 1.30 bits per heavy atom. The lowest BCUT2D eigenvalue weighted by atomic mass is 10.0. The van der Waals surface area contributed by atoms with Crippen LogP contribution >= 0.6 is 0 Å². The summed E-state index contributed by atoms with van der Waals surface area (Å²) in [5.74, 6) is -1.22. The molecular formula is C17H21F2N3O. The largest absolute Gasteiger partial charge is 0.375 e. The van der Waals surface area contributed by atoms with E-state index < -0.39 is 11.6 Å². The van der Waals surface area contributed by atoms with E-state index in [1.807, 2.05) is 6.07 Å². The number of ether oxygens (including phenoxy) is 1. The molecule has 4 nitrogen and oxygen atoms in total. The molecule has 0 N–H and O–H groups in total. The molecule has 1 saturated heterocycles. The van der Waals surface area contributed by atoms with Gasteiger partial charge in [-0.05, 0) is 39.0 Å². The Labute approximate surface area is 134 Å². The quantitative estimate of drug-likeness (QED) is 0.870. The first kappa shape index (κ1) is 16.1. The third kappa shape index (κ3) is 3.43. The monoisotopic (exact) mass is 321 g/mol. The number of nitrogens with zero attached hydrogens (tertiary/aromatic N) is 3. The molecule has 1 atom stereocenters. The standard InChI is InChI=1S/C17H21F2N3O/c1-12-9-21(17(2,3)11-23-12)10-14-6-7-22(20-14)16-5-4-13(18)8-15(16)19/h4-8,12H,9-11H2,1-3H3. The van der Waals surface area contributed by atoms with Crippen LogP contribution in [0.1, 0.15) is 26.5 Å². The van der Waals surface area contributed by atoms with Crippen molar-refractivity contribution in [1.82, 2.24) is 14.7 Å². The minimum Gasteiger partial charge on any atom is -0.375 e. The first-order valence-corrected chi connectivity index (χ1v) is 7.72. The molecule has 2 aromatic rings. The lowest BCUT2D eigenvalue weighted by Crippen LogP contribution is -2.54. The van der Waals surface area contributed by atoms with E-state index in [2.05, 4.69) is 30.8 Å². The highest BCUT2D eigenvalue weighted by molar-refractivity contribution is 5.33. The van der Waals surface area contributed by atoms with Crippen LogP contribution < -0.4 is 0 Å². The van der Waals surface area contributed by atoms with E-state index in [4.69, 9.17) is 4.74 Å². The van der Waals surface area contributed by atoms with E-state index in [0.29, 0.717) is 13.2 Å². The van der Waals surface area contributed by atoms with Gasteiger partial charge >= 0.3 is 0 Å². The van der Waals surface area contributed by atoms with Crippen molar-refractivity contribution in [2.75, 3.05) is 13.2 Å². The van der Waals surface area contributed by atoms with Crippen LogP contribution in [0.5, 0.6) is 0 Å². The van der Waals surface area contributed by atoms with Gasteiger partial charge in [-0.1, -0.05) is 0 Å². The van der Waals surface area contributed by atoms with E-state index in [-0.39, 0.29) is 17.3 Å². The summed E-state index contributed by atoms with van der Waals surface area (Å²) in [5, 5.41) is 4.43. The van der Waals surface area contributed by atoms with Gasteiger partial charge in [-0.15, -0.1) is 0 Å². The molecule has 0 spiro atoms. The Bertz CT molecular complexity index is 699. The van der Waals surface area contributed by atoms with Crippen LogP contribution in [-0.2, 0) is 11.3 Å². The number of rotatable bonds is 3. The average molecular weight is 321 g/mol. The van der Waals surface area contributed by atoms with Crippen molar-refractivity contribution in [3.63, 3.8) is 0 Å². The fourth-order valence-electron chi connectivity index (χ4n) is 2.77. The summed E-state index contributed by atoms with van der Waals surface area (Å²) in [6.45, 7) is 8.47. The van der Waals surface area contributed by atoms with Gasteiger partial charge in [0.25, 0.3) is 0 Å². The van der Waals surface area contributed by atoms with Gasteiger partial charge in [0.2, 0.25) is 0 Å². The lowest BCUT2D eigenvalue weighted by Gasteiger charge is -2.44. The zero-order valence-corrected chi connectivity index (χ0v) is 13.6. The minimum atomic E-state index is -0.625. The molecule has 6 heteroatoms. The van der Waals surface area contributed by atoms with Crippen molar-refractivity contribution >= 4 is 0 Å². The number of aromatic nitrogens is 2. The highest BCUT2D eigenvalue weighted by Crippen LogP contribution is 2.24. The summed E-state index contributed by atoms with van der Waals surface area (Å²) < 4.78 is 34.0. The van der Waals surface area contributed by atoms with Gasteiger partial charge < -0.3 is 4.74 Å². The van der Waals surface area contributed by atoms with Gasteiger partial charge in [0.05, 0.1) is 18.4 Å². The molecule has 23 heavy (non-hydrogen) atoms. The van der Waals surface area contributed by atoms with Crippen LogP contribution in [0, 0.1) is 11.6 Å². The fraction of sp³-hybridized carbons (Fsp3) is 0.471. The second-order valence-electron chi connectivity index (χ2n) is 6.66. The maximum absolute atomic E-state index is 13.9. The van der Waals surface area contributed by atoms with Crippen LogP contribution in [0.2, 0.25) is 0 Å². The van der Waals surface area contributed by atoms with Gasteiger partial charge in [0.1, 0.15) is 11.5 Å². The normalized spacial score (nSPS) is 21.5. The van der Waals surface area contributed by atoms with E-state index in [1.54, 1.807) is 6.20 Å². The van der Waals surface area contributed by atoms with Crippen molar-refractivity contribution in [3.8, 4) is 5.69 Å². The lowest BCUT2D eigenvalue weighted by molar-refractivity contribution is -0.0953. The summed E-state index contributed by atoms with van der Waals surface area (Å²) in [6, 6.07) is 5.34. The number of hydrogen-bond acceptors (Lipinski definition) is 3. The summed E-state index contributed by atoms with van der Waals surface area (Å²) in [5.41, 5.74) is 1.01. The zero-order valence-electron chi connectivity index (χ0n) is 13.6. The molecule has 0 aliphatic carbocycles. The summed E-state index contributed by atoms with van der Waals surface area (Å²) in [7, 11) is 0. The first-order valence-electron chi connectivity index (χ1n) is 7.72. The molecule has 0 radical (unpaired) electrons. The molecule has 0 saturated carbocycles. The first-order chi connectivity index (χ1) is 10.8. The predicted molar refractivity (Wildman–Crippen MR) is 83.4 cm³/mol. The Morgan fingerprint density at radius 2 is 2.09 bits per heavy atom. The predicted octanol–water partition coefficient (Wildman–Crippen LogP) is 3.15. The molecule has 124 valence electrons. The molecular weight excluding hydrogens is 300 g/mol. The van der Waals surface area contributed by atoms with Gasteiger partial charge in [-0.3, -0.25) is 4.90 Å². The van der Waals surface area contributed by atoms with Crippen molar-refractivity contribution in [2.45, 2.75) is 39.0 Å². The topological polar surface area (TPSA) is 30.3 Å². The minimum absolute atomic E-state index is 0.0720. The number of benzene rings is 1. The maximum Gasteiger partial charge on any atom is 0.151 e. The molecule has 0 amide bonds. The highest BCUT2D eigenvalue weighted by atomic mass is 19.1. The molecule has 1 fully saturated rings. The van der Waals surface area contributed by atoms with Crippen molar-refractivity contribution in [2.24, 2.45) is 0 Å². The SMILES string of the molecule is CC1CN(Cc2ccn(-c3ccc(F)cc3F)n2)C(C)(C)CO1. The van der Waals surface area contributed by atoms with Gasteiger partial charge in [-0.25, -0.2) is 13.5 Å². The second kappa shape index (κ2) is 6.02. The van der Waals surface area contributed by atoms with Crippen molar-refractivity contribution in [3.05, 3.63) is 47.8 Å². The molecule has 1 aliphatic rings. The molecule has 1 unspecified atom stereocenters. The molecule has 1 aromatic heterocycles. The third-order valence-electron chi connectivity index (χ3n) is 4.21. The van der Waals surface area contributed by atoms with E-state index in [1.165, 1.54) is 16.8 Å². The van der Waals surface area contributed by atoms with Crippen LogP contribution in [-0.4, -0.2) is 39.5 Å². The summed E-state index contributed by atoms with van der Waals surface area (Å²) >= 11 is 0. The molecule has 1 aromatic carbocycles. The van der Waals surface area contributed by atoms with Gasteiger partial charge in [0.15, 0.2) is 5.82 Å². The number of halogens is 2. The van der Waals surface area contributed by atoms with Crippen molar-refractivity contribution in [1.29, 1.82) is 0 Å². The summed E-state index contributed by atoms with van der Waals surface area (Å²) in [4.78, 5) is 2.31. The Morgan fingerprint density at radius 3 is 2.83 bits per heavy atom.